The molecule has 2 heterocycles. The zero-order valence-electron chi connectivity index (χ0n) is 15.3. The number of aliphatic hydroxyl groups excluding tert-OH is 1. The smallest absolute Gasteiger partial charge is 0.119 e. The topological polar surface area (TPSA) is 41.9 Å². The number of ether oxygens (including phenoxy) is 2. The fourth-order valence-corrected chi connectivity index (χ4v) is 3.79. The first kappa shape index (κ1) is 18.4. The second-order valence-corrected chi connectivity index (χ2v) is 7.49. The lowest BCUT2D eigenvalue weighted by atomic mass is 9.95. The van der Waals surface area contributed by atoms with Crippen LogP contribution in [0, 0.1) is 0 Å². The average molecular weight is 345 g/mol. The van der Waals surface area contributed by atoms with E-state index in [1.165, 1.54) is 24.8 Å². The van der Waals surface area contributed by atoms with Gasteiger partial charge in [0.1, 0.15) is 18.5 Å². The van der Waals surface area contributed by atoms with E-state index in [-0.39, 0.29) is 12.2 Å². The van der Waals surface area contributed by atoms with Gasteiger partial charge in [0.05, 0.1) is 12.2 Å². The van der Waals surface area contributed by atoms with Gasteiger partial charge in [0.2, 0.25) is 0 Å². The van der Waals surface area contributed by atoms with Crippen LogP contribution >= 0.6 is 0 Å². The number of hydrogen-bond donors (Lipinski definition) is 1. The fraction of sp³-hybridized carbons (Fsp3) is 0.619. The minimum Gasteiger partial charge on any atom is -0.491 e. The molecule has 1 aromatic carbocycles. The van der Waals surface area contributed by atoms with Crippen molar-refractivity contribution in [3.05, 3.63) is 42.0 Å². The lowest BCUT2D eigenvalue weighted by molar-refractivity contribution is -0.0224. The van der Waals surface area contributed by atoms with Crippen LogP contribution in [0.25, 0.3) is 0 Å². The third-order valence-corrected chi connectivity index (χ3v) is 5.06. The average Bonchev–Trinajstić information content (AvgIpc) is 2.60. The highest BCUT2D eigenvalue weighted by Crippen LogP contribution is 2.34. The first-order valence-corrected chi connectivity index (χ1v) is 9.55. The van der Waals surface area contributed by atoms with Crippen LogP contribution in [0.2, 0.25) is 0 Å². The number of likely N-dealkylation sites (tertiary alicyclic amines) is 1. The summed E-state index contributed by atoms with van der Waals surface area (Å²) in [6.45, 7) is 9.44. The second-order valence-electron chi connectivity index (χ2n) is 7.49. The van der Waals surface area contributed by atoms with Crippen molar-refractivity contribution in [1.29, 1.82) is 0 Å². The minimum absolute atomic E-state index is 0.0926. The summed E-state index contributed by atoms with van der Waals surface area (Å²) in [7, 11) is 0. The third kappa shape index (κ3) is 5.56. The predicted octanol–water partition coefficient (Wildman–Crippen LogP) is 3.71. The van der Waals surface area contributed by atoms with E-state index < -0.39 is 6.10 Å². The largest absolute Gasteiger partial charge is 0.491 e. The van der Waals surface area contributed by atoms with Crippen molar-refractivity contribution in [1.82, 2.24) is 4.90 Å². The highest BCUT2D eigenvalue weighted by Gasteiger charge is 2.23. The van der Waals surface area contributed by atoms with E-state index in [9.17, 15) is 5.11 Å². The van der Waals surface area contributed by atoms with Crippen molar-refractivity contribution in [3.8, 4) is 5.75 Å². The first-order chi connectivity index (χ1) is 12.1. The van der Waals surface area contributed by atoms with Crippen molar-refractivity contribution in [2.45, 2.75) is 57.3 Å². The Morgan fingerprint density at radius 2 is 1.92 bits per heavy atom. The molecule has 1 N–H and O–H groups in total. The number of rotatable bonds is 6. The molecule has 1 aromatic rings. The number of hydrogen-bond acceptors (Lipinski definition) is 4. The van der Waals surface area contributed by atoms with Gasteiger partial charge >= 0.3 is 0 Å². The van der Waals surface area contributed by atoms with Crippen molar-refractivity contribution in [2.24, 2.45) is 0 Å². The Balaban J connectivity index is 1.46. The number of β-amino-alcohol motifs (C(OH)–C–C–N with tert-alkyl or cyclic N) is 1. The molecule has 2 aliphatic heterocycles. The van der Waals surface area contributed by atoms with Gasteiger partial charge in [0, 0.05) is 6.54 Å². The molecule has 4 heteroatoms. The van der Waals surface area contributed by atoms with Gasteiger partial charge in [-0.3, -0.25) is 0 Å². The second kappa shape index (κ2) is 8.84. The van der Waals surface area contributed by atoms with E-state index in [4.69, 9.17) is 9.47 Å². The quantitative estimate of drug-likeness (QED) is 0.798. The maximum Gasteiger partial charge on any atom is 0.119 e. The van der Waals surface area contributed by atoms with E-state index in [1.807, 2.05) is 12.1 Å². The SMILES string of the molecule is C=C1C[C@@H](c2ccc(OC[C@@H](O)CN3CCCCC3)cc2)O[C@@H](C)C1. The van der Waals surface area contributed by atoms with E-state index in [0.717, 1.165) is 37.2 Å². The fourth-order valence-electron chi connectivity index (χ4n) is 3.79. The van der Waals surface area contributed by atoms with E-state index in [2.05, 4.69) is 30.5 Å². The lowest BCUT2D eigenvalue weighted by Gasteiger charge is -2.30. The molecule has 2 aliphatic rings. The summed E-state index contributed by atoms with van der Waals surface area (Å²) >= 11 is 0. The molecule has 2 fully saturated rings. The van der Waals surface area contributed by atoms with Crippen molar-refractivity contribution >= 4 is 0 Å². The van der Waals surface area contributed by atoms with Gasteiger partial charge in [-0.2, -0.15) is 0 Å². The zero-order chi connectivity index (χ0) is 17.6. The molecule has 0 amide bonds. The van der Waals surface area contributed by atoms with Gasteiger partial charge < -0.3 is 19.5 Å². The van der Waals surface area contributed by atoms with Gasteiger partial charge in [0.25, 0.3) is 0 Å². The molecule has 0 saturated carbocycles. The molecule has 3 atom stereocenters. The van der Waals surface area contributed by atoms with Crippen molar-refractivity contribution < 1.29 is 14.6 Å². The molecular weight excluding hydrogens is 314 g/mol. The summed E-state index contributed by atoms with van der Waals surface area (Å²) < 4.78 is 11.8. The van der Waals surface area contributed by atoms with Gasteiger partial charge in [-0.15, -0.1) is 0 Å². The van der Waals surface area contributed by atoms with Crippen LogP contribution in [-0.2, 0) is 4.74 Å². The molecule has 25 heavy (non-hydrogen) atoms. The number of aliphatic hydroxyl groups is 1. The van der Waals surface area contributed by atoms with Gasteiger partial charge in [-0.05, 0) is 63.4 Å². The highest BCUT2D eigenvalue weighted by molar-refractivity contribution is 5.29. The molecule has 0 unspecified atom stereocenters. The Hall–Kier alpha value is -1.36. The summed E-state index contributed by atoms with van der Waals surface area (Å²) in [5.41, 5.74) is 2.42. The van der Waals surface area contributed by atoms with E-state index in [0.29, 0.717) is 13.2 Å². The molecular formula is C21H31NO3. The number of piperidine rings is 1. The van der Waals surface area contributed by atoms with Crippen LogP contribution < -0.4 is 4.74 Å². The zero-order valence-corrected chi connectivity index (χ0v) is 15.3. The summed E-state index contributed by atoms with van der Waals surface area (Å²) in [6.07, 6.45) is 5.51. The molecule has 0 aromatic heterocycles. The summed E-state index contributed by atoms with van der Waals surface area (Å²) in [5.74, 6) is 0.795. The normalized spacial score (nSPS) is 26.4. The first-order valence-electron chi connectivity index (χ1n) is 9.55. The van der Waals surface area contributed by atoms with E-state index >= 15 is 0 Å². The summed E-state index contributed by atoms with van der Waals surface area (Å²) in [4.78, 5) is 2.33. The van der Waals surface area contributed by atoms with E-state index in [1.54, 1.807) is 0 Å². The standard InChI is InChI=1S/C21H31NO3/c1-16-12-17(2)25-21(13-16)18-6-8-20(9-7-18)24-15-19(23)14-22-10-4-3-5-11-22/h6-9,17,19,21,23H,1,3-5,10-15H2,2H3/t17-,19-,21-/m0/s1. The Labute approximate surface area is 151 Å². The van der Waals surface area contributed by atoms with Gasteiger partial charge in [-0.25, -0.2) is 0 Å². The molecule has 4 nitrogen and oxygen atoms in total. The van der Waals surface area contributed by atoms with Crippen LogP contribution in [0.3, 0.4) is 0 Å². The van der Waals surface area contributed by atoms with Crippen LogP contribution in [0.1, 0.15) is 50.7 Å². The van der Waals surface area contributed by atoms with Crippen molar-refractivity contribution in [3.63, 3.8) is 0 Å². The maximum atomic E-state index is 10.2. The molecule has 0 bridgehead atoms. The highest BCUT2D eigenvalue weighted by atomic mass is 16.5. The van der Waals surface area contributed by atoms with Crippen LogP contribution in [0.15, 0.2) is 36.4 Å². The number of nitrogens with zero attached hydrogens (tertiary/aromatic N) is 1. The predicted molar refractivity (Wildman–Crippen MR) is 99.9 cm³/mol. The van der Waals surface area contributed by atoms with Gasteiger partial charge in [-0.1, -0.05) is 30.7 Å². The Bertz CT molecular complexity index is 551. The number of benzene rings is 1. The minimum atomic E-state index is -0.441. The molecule has 0 aliphatic carbocycles. The lowest BCUT2D eigenvalue weighted by Crippen LogP contribution is -2.38. The van der Waals surface area contributed by atoms with Crippen LogP contribution in [0.4, 0.5) is 0 Å². The van der Waals surface area contributed by atoms with Crippen LogP contribution in [-0.4, -0.2) is 48.5 Å². The summed E-state index contributed by atoms with van der Waals surface area (Å²) in [6, 6.07) is 8.05. The molecule has 0 radical (unpaired) electrons. The molecule has 138 valence electrons. The maximum absolute atomic E-state index is 10.2. The Kier molecular flexibility index (Phi) is 6.51. The molecule has 3 rings (SSSR count). The Morgan fingerprint density at radius 1 is 1.20 bits per heavy atom. The summed E-state index contributed by atoms with van der Waals surface area (Å²) in [5, 5.41) is 10.2. The molecule has 2 saturated heterocycles. The Morgan fingerprint density at radius 3 is 2.60 bits per heavy atom. The van der Waals surface area contributed by atoms with Gasteiger partial charge in [0.15, 0.2) is 0 Å². The third-order valence-electron chi connectivity index (χ3n) is 5.06. The molecule has 0 spiro atoms. The monoisotopic (exact) mass is 345 g/mol. The van der Waals surface area contributed by atoms with Crippen LogP contribution in [0.5, 0.6) is 5.75 Å². The van der Waals surface area contributed by atoms with Crippen molar-refractivity contribution in [2.75, 3.05) is 26.2 Å².